The maximum atomic E-state index is 4.57. The summed E-state index contributed by atoms with van der Waals surface area (Å²) in [6.45, 7) is 4.08. The molecular weight excluding hydrogens is 242 g/mol. The van der Waals surface area contributed by atoms with Crippen molar-refractivity contribution in [2.24, 2.45) is 0 Å². The van der Waals surface area contributed by atoms with Crippen LogP contribution >= 0.6 is 11.3 Å². The second-order valence-electron chi connectivity index (χ2n) is 4.25. The van der Waals surface area contributed by atoms with Crippen molar-refractivity contribution in [3.05, 3.63) is 47.8 Å². The number of nitrogens with zero attached hydrogens (tertiary/aromatic N) is 2. The summed E-state index contributed by atoms with van der Waals surface area (Å²) >= 11 is 1.66. The van der Waals surface area contributed by atoms with Gasteiger partial charge in [0.1, 0.15) is 0 Å². The van der Waals surface area contributed by atoms with Crippen molar-refractivity contribution in [1.82, 2.24) is 9.97 Å². The molecular formula is C14H13N3S. The summed E-state index contributed by atoms with van der Waals surface area (Å²) in [7, 11) is 0. The third-order valence-corrected chi connectivity index (χ3v) is 3.73. The number of hydrogen-bond acceptors (Lipinski definition) is 4. The van der Waals surface area contributed by atoms with Crippen LogP contribution in [0.25, 0.3) is 10.2 Å². The highest BCUT2D eigenvalue weighted by Gasteiger charge is 2.05. The average molecular weight is 255 g/mol. The number of aromatic nitrogens is 2. The van der Waals surface area contributed by atoms with E-state index in [4.69, 9.17) is 0 Å². The van der Waals surface area contributed by atoms with Crippen LogP contribution in [-0.2, 0) is 0 Å². The largest absolute Gasteiger partial charge is 0.330 e. The van der Waals surface area contributed by atoms with E-state index in [-0.39, 0.29) is 0 Å². The summed E-state index contributed by atoms with van der Waals surface area (Å²) in [5.41, 5.74) is 4.28. The minimum atomic E-state index is 0.909. The third kappa shape index (κ3) is 2.07. The SMILES string of the molecule is Cc1ccc2nc(Nc3cccnc3C)sc2c1. The number of pyridine rings is 1. The fraction of sp³-hybridized carbons (Fsp3) is 0.143. The van der Waals surface area contributed by atoms with E-state index in [0.717, 1.165) is 22.0 Å². The molecule has 0 aliphatic rings. The van der Waals surface area contributed by atoms with Crippen LogP contribution < -0.4 is 5.32 Å². The highest BCUT2D eigenvalue weighted by atomic mass is 32.1. The molecule has 0 saturated heterocycles. The highest BCUT2D eigenvalue weighted by Crippen LogP contribution is 2.29. The van der Waals surface area contributed by atoms with Crippen LogP contribution in [0.1, 0.15) is 11.3 Å². The Morgan fingerprint density at radius 3 is 2.89 bits per heavy atom. The molecule has 0 fully saturated rings. The van der Waals surface area contributed by atoms with Gasteiger partial charge in [-0.05, 0) is 43.7 Å². The first-order valence-corrected chi connectivity index (χ1v) is 6.60. The van der Waals surface area contributed by atoms with Gasteiger partial charge in [-0.15, -0.1) is 0 Å². The van der Waals surface area contributed by atoms with E-state index in [1.165, 1.54) is 10.3 Å². The van der Waals surface area contributed by atoms with E-state index in [1.54, 1.807) is 17.5 Å². The van der Waals surface area contributed by atoms with Crippen LogP contribution in [0.5, 0.6) is 0 Å². The van der Waals surface area contributed by atoms with Crippen LogP contribution in [0.4, 0.5) is 10.8 Å². The molecule has 1 aromatic carbocycles. The first-order valence-electron chi connectivity index (χ1n) is 5.78. The second kappa shape index (κ2) is 4.38. The fourth-order valence-corrected chi connectivity index (χ4v) is 2.79. The van der Waals surface area contributed by atoms with E-state index in [2.05, 4.69) is 40.4 Å². The van der Waals surface area contributed by atoms with Gasteiger partial charge in [-0.3, -0.25) is 4.98 Å². The van der Waals surface area contributed by atoms with Crippen LogP contribution in [0.3, 0.4) is 0 Å². The zero-order chi connectivity index (χ0) is 12.5. The molecule has 90 valence electrons. The lowest BCUT2D eigenvalue weighted by atomic mass is 10.2. The quantitative estimate of drug-likeness (QED) is 0.750. The van der Waals surface area contributed by atoms with Gasteiger partial charge in [0.05, 0.1) is 21.6 Å². The van der Waals surface area contributed by atoms with Crippen molar-refractivity contribution in [1.29, 1.82) is 0 Å². The topological polar surface area (TPSA) is 37.8 Å². The predicted molar refractivity (Wildman–Crippen MR) is 76.6 cm³/mol. The number of fused-ring (bicyclic) bond motifs is 1. The first kappa shape index (κ1) is 11.2. The van der Waals surface area contributed by atoms with E-state index < -0.39 is 0 Å². The summed E-state index contributed by atoms with van der Waals surface area (Å²) in [6.07, 6.45) is 1.79. The second-order valence-corrected chi connectivity index (χ2v) is 5.28. The van der Waals surface area contributed by atoms with Gasteiger partial charge in [0.15, 0.2) is 5.13 Å². The summed E-state index contributed by atoms with van der Waals surface area (Å²) in [5, 5.41) is 4.23. The Morgan fingerprint density at radius 1 is 1.17 bits per heavy atom. The summed E-state index contributed by atoms with van der Waals surface area (Å²) in [6, 6.07) is 10.2. The monoisotopic (exact) mass is 255 g/mol. The molecule has 0 bridgehead atoms. The number of benzene rings is 1. The molecule has 0 unspecified atom stereocenters. The summed E-state index contributed by atoms with van der Waals surface area (Å²) in [5.74, 6) is 0. The van der Waals surface area contributed by atoms with Crippen molar-refractivity contribution >= 4 is 32.4 Å². The van der Waals surface area contributed by atoms with E-state index in [9.17, 15) is 0 Å². The van der Waals surface area contributed by atoms with Crippen LogP contribution in [0.2, 0.25) is 0 Å². The van der Waals surface area contributed by atoms with Crippen molar-refractivity contribution in [3.63, 3.8) is 0 Å². The Morgan fingerprint density at radius 2 is 2.06 bits per heavy atom. The standard InChI is InChI=1S/C14H13N3S/c1-9-5-6-12-13(8-9)18-14(17-12)16-11-4-3-7-15-10(11)2/h3-8H,1-2H3,(H,16,17). The van der Waals surface area contributed by atoms with Crippen LogP contribution in [-0.4, -0.2) is 9.97 Å². The summed E-state index contributed by atoms with van der Waals surface area (Å²) < 4.78 is 1.21. The van der Waals surface area contributed by atoms with E-state index >= 15 is 0 Å². The molecule has 2 aromatic heterocycles. The molecule has 3 nitrogen and oxygen atoms in total. The molecule has 1 N–H and O–H groups in total. The predicted octanol–water partition coefficient (Wildman–Crippen LogP) is 4.05. The number of anilines is 2. The van der Waals surface area contributed by atoms with Crippen LogP contribution in [0.15, 0.2) is 36.5 Å². The lowest BCUT2D eigenvalue weighted by molar-refractivity contribution is 1.20. The van der Waals surface area contributed by atoms with E-state index in [1.807, 2.05) is 19.1 Å². The van der Waals surface area contributed by atoms with Gasteiger partial charge in [-0.2, -0.15) is 0 Å². The zero-order valence-corrected chi connectivity index (χ0v) is 11.1. The van der Waals surface area contributed by atoms with Gasteiger partial charge in [0.25, 0.3) is 0 Å². The van der Waals surface area contributed by atoms with Crippen molar-refractivity contribution < 1.29 is 0 Å². The molecule has 0 saturated carbocycles. The molecule has 3 rings (SSSR count). The maximum absolute atomic E-state index is 4.57. The molecule has 18 heavy (non-hydrogen) atoms. The Kier molecular flexibility index (Phi) is 2.72. The van der Waals surface area contributed by atoms with Crippen LogP contribution in [0, 0.1) is 13.8 Å². The van der Waals surface area contributed by atoms with Crippen molar-refractivity contribution in [2.45, 2.75) is 13.8 Å². The number of thiazole rings is 1. The fourth-order valence-electron chi connectivity index (χ4n) is 1.82. The Balaban J connectivity index is 1.98. The number of aryl methyl sites for hydroxylation is 2. The molecule has 0 radical (unpaired) electrons. The zero-order valence-electron chi connectivity index (χ0n) is 10.3. The van der Waals surface area contributed by atoms with Gasteiger partial charge >= 0.3 is 0 Å². The van der Waals surface area contributed by atoms with Gasteiger partial charge in [-0.1, -0.05) is 17.4 Å². The Hall–Kier alpha value is -1.94. The summed E-state index contributed by atoms with van der Waals surface area (Å²) in [4.78, 5) is 8.83. The van der Waals surface area contributed by atoms with Gasteiger partial charge in [0.2, 0.25) is 0 Å². The van der Waals surface area contributed by atoms with Crippen molar-refractivity contribution in [3.8, 4) is 0 Å². The minimum absolute atomic E-state index is 0.909. The van der Waals surface area contributed by atoms with Crippen molar-refractivity contribution in [2.75, 3.05) is 5.32 Å². The smallest absolute Gasteiger partial charge is 0.188 e. The molecule has 0 aliphatic carbocycles. The molecule has 0 atom stereocenters. The minimum Gasteiger partial charge on any atom is -0.330 e. The molecule has 3 aromatic rings. The third-order valence-electron chi connectivity index (χ3n) is 2.79. The number of hydrogen-bond donors (Lipinski definition) is 1. The molecule has 0 amide bonds. The first-order chi connectivity index (χ1) is 8.72. The molecule has 0 spiro atoms. The molecule has 4 heteroatoms. The lowest BCUT2D eigenvalue weighted by Crippen LogP contribution is -1.93. The van der Waals surface area contributed by atoms with Gasteiger partial charge in [-0.25, -0.2) is 4.98 Å². The van der Waals surface area contributed by atoms with Gasteiger partial charge in [0, 0.05) is 6.20 Å². The Labute approximate surface area is 110 Å². The normalized spacial score (nSPS) is 10.8. The van der Waals surface area contributed by atoms with Gasteiger partial charge < -0.3 is 5.32 Å². The average Bonchev–Trinajstić information content (AvgIpc) is 2.73. The van der Waals surface area contributed by atoms with E-state index in [0.29, 0.717) is 0 Å². The Bertz CT molecular complexity index is 703. The maximum Gasteiger partial charge on any atom is 0.188 e. The molecule has 0 aliphatic heterocycles. The highest BCUT2D eigenvalue weighted by molar-refractivity contribution is 7.22. The molecule has 2 heterocycles. The number of nitrogens with one attached hydrogen (secondary N) is 1. The lowest BCUT2D eigenvalue weighted by Gasteiger charge is -2.04. The number of rotatable bonds is 2.